The summed E-state index contributed by atoms with van der Waals surface area (Å²) in [6, 6.07) is 61.7. The summed E-state index contributed by atoms with van der Waals surface area (Å²) in [5.41, 5.74) is 20.8. The predicted octanol–water partition coefficient (Wildman–Crippen LogP) is 14.9. The van der Waals surface area contributed by atoms with Crippen molar-refractivity contribution in [3.63, 3.8) is 0 Å². The molecule has 53 heavy (non-hydrogen) atoms. The van der Waals surface area contributed by atoms with E-state index in [4.69, 9.17) is 16.5 Å². The smallest absolute Gasteiger partial charge is 0.0183 e. The summed E-state index contributed by atoms with van der Waals surface area (Å²) < 4.78 is 0. The maximum atomic E-state index is 7.52. The zero-order valence-corrected chi connectivity index (χ0v) is 31.9. The summed E-state index contributed by atoms with van der Waals surface area (Å²) in [5.74, 6) is 0. The molecule has 0 aliphatic carbocycles. The quantitative estimate of drug-likeness (QED) is 0.0881. The lowest BCUT2D eigenvalue weighted by atomic mass is 9.96. The Morgan fingerprint density at radius 1 is 0.472 bits per heavy atom. The molecule has 3 N–H and O–H groups in total. The summed E-state index contributed by atoms with van der Waals surface area (Å²) in [6.07, 6.45) is 9.09. The molecule has 6 aromatic carbocycles. The zero-order chi connectivity index (χ0) is 38.9. The van der Waals surface area contributed by atoms with Crippen molar-refractivity contribution in [3.05, 3.63) is 241 Å². The Hall–Kier alpha value is -6.45. The van der Waals surface area contributed by atoms with Crippen molar-refractivity contribution in [2.24, 2.45) is 0 Å². The number of benzene rings is 6. The van der Waals surface area contributed by atoms with Gasteiger partial charge in [-0.3, -0.25) is 0 Å². The first-order chi connectivity index (χ1) is 25.8. The third-order valence-electron chi connectivity index (χ3n) is 7.17. The molecule has 0 fully saturated rings. The highest BCUT2D eigenvalue weighted by atomic mass is 14.7. The maximum Gasteiger partial charge on any atom is 0.0183 e. The van der Waals surface area contributed by atoms with Gasteiger partial charge in [0, 0.05) is 6.21 Å². The zero-order valence-electron chi connectivity index (χ0n) is 31.9. The van der Waals surface area contributed by atoms with Crippen molar-refractivity contribution < 1.29 is 0 Å². The largest absolute Gasteiger partial charge is 0.309 e. The molecule has 6 rings (SSSR count). The van der Waals surface area contributed by atoms with E-state index in [1.54, 1.807) is 6.08 Å². The van der Waals surface area contributed by atoms with Crippen molar-refractivity contribution in [2.75, 3.05) is 0 Å². The Kier molecular flexibility index (Phi) is 24.6. The topological polar surface area (TPSA) is 71.6 Å². The van der Waals surface area contributed by atoms with E-state index in [2.05, 4.69) is 118 Å². The van der Waals surface area contributed by atoms with E-state index in [0.717, 1.165) is 11.1 Å². The van der Waals surface area contributed by atoms with E-state index in [9.17, 15) is 0 Å². The lowest BCUT2D eigenvalue weighted by Crippen LogP contribution is -1.87. The molecular formula is C50H55N3. The van der Waals surface area contributed by atoms with Crippen LogP contribution in [-0.2, 0) is 0 Å². The highest BCUT2D eigenvalue weighted by Gasteiger charge is 2.04. The summed E-state index contributed by atoms with van der Waals surface area (Å²) in [6.45, 7) is 13.9. The van der Waals surface area contributed by atoms with Crippen molar-refractivity contribution in [3.8, 4) is 11.1 Å². The number of hydrogen-bond acceptors (Lipinski definition) is 3. The van der Waals surface area contributed by atoms with E-state index >= 15 is 0 Å². The van der Waals surface area contributed by atoms with Crippen LogP contribution < -0.4 is 0 Å². The third-order valence-corrected chi connectivity index (χ3v) is 7.17. The van der Waals surface area contributed by atoms with Crippen LogP contribution in [0.4, 0.5) is 0 Å². The molecule has 0 aliphatic heterocycles. The van der Waals surface area contributed by atoms with E-state index in [-0.39, 0.29) is 0 Å². The van der Waals surface area contributed by atoms with Crippen LogP contribution in [0.5, 0.6) is 0 Å². The van der Waals surface area contributed by atoms with Gasteiger partial charge in [0.15, 0.2) is 0 Å². The first-order valence-corrected chi connectivity index (χ1v) is 17.5. The van der Waals surface area contributed by atoms with Gasteiger partial charge in [-0.2, -0.15) is 0 Å². The van der Waals surface area contributed by atoms with Gasteiger partial charge < -0.3 is 5.41 Å². The average Bonchev–Trinajstić information content (AvgIpc) is 3.21. The first-order valence-electron chi connectivity index (χ1n) is 17.5. The number of hydrogen-bond donors (Lipinski definition) is 3. The van der Waals surface area contributed by atoms with Crippen molar-refractivity contribution in [2.45, 2.75) is 34.6 Å². The molecule has 3 nitrogen and oxygen atoms in total. The molecule has 0 amide bonds. The fourth-order valence-corrected chi connectivity index (χ4v) is 4.53. The van der Waals surface area contributed by atoms with Crippen LogP contribution in [0, 0.1) is 30.3 Å². The lowest BCUT2D eigenvalue weighted by Gasteiger charge is -2.08. The monoisotopic (exact) mass is 697 g/mol. The molecule has 3 heteroatoms. The Balaban J connectivity index is 0.000000403. The molecule has 0 saturated carbocycles. The third kappa shape index (κ3) is 21.4. The van der Waals surface area contributed by atoms with Crippen LogP contribution in [0.2, 0.25) is 0 Å². The fourth-order valence-electron chi connectivity index (χ4n) is 4.53. The van der Waals surface area contributed by atoms with E-state index < -0.39 is 0 Å². The van der Waals surface area contributed by atoms with Gasteiger partial charge in [-0.1, -0.05) is 217 Å². The molecule has 0 aliphatic rings. The average molecular weight is 698 g/mol. The molecule has 0 radical (unpaired) electrons. The number of allylic oxidation sites excluding steroid dienone is 7. The molecule has 0 bridgehead atoms. The number of aryl methyl sites for hydroxylation is 2. The maximum absolute atomic E-state index is 7.52. The van der Waals surface area contributed by atoms with Gasteiger partial charge in [-0.05, 0) is 80.2 Å². The summed E-state index contributed by atoms with van der Waals surface area (Å²) in [4.78, 5) is 0. The molecule has 0 saturated heterocycles. The van der Waals surface area contributed by atoms with E-state index in [1.807, 2.05) is 123 Å². The van der Waals surface area contributed by atoms with Gasteiger partial charge >= 0.3 is 0 Å². The summed E-state index contributed by atoms with van der Waals surface area (Å²) in [7, 11) is 0. The standard InChI is InChI=1S/C24H21N.2C7H8.C6H6.C6H10.H2N2/c1-19(20-9-4-2-5-10-20)17-24(15-16-25)23-14-8-13-22(18-23)21-11-6-3-7-12-21;2*1-7-5-3-2-4-6-7;1-2-4-6-5-3-1;1-4-5-6(2)3;1-2/h2-18,25H,1H3;2*2-6H,1H3;1-6H;4-5H,1H2,2-3H3;1-2H/b19-17+,24-15+,25-16?;;;;;. The normalized spacial score (nSPS) is 9.75. The minimum absolute atomic E-state index is 1.04. The van der Waals surface area contributed by atoms with E-state index in [1.165, 1.54) is 45.2 Å². The molecule has 6 aromatic rings. The minimum atomic E-state index is 1.04. The van der Waals surface area contributed by atoms with Gasteiger partial charge in [0.1, 0.15) is 0 Å². The minimum Gasteiger partial charge on any atom is -0.309 e. The summed E-state index contributed by atoms with van der Waals surface area (Å²) >= 11 is 0. The SMILES string of the molecule is C/C(=C\C(=C/C=N)c1cccc(-c2ccccc2)c1)c1ccccc1.C=CC=C(C)C.Cc1ccccc1.Cc1ccccc1.N=N.c1ccccc1. The second-order valence-corrected chi connectivity index (χ2v) is 11.9. The predicted molar refractivity (Wildman–Crippen MR) is 233 cm³/mol. The Bertz CT molecular complexity index is 1830. The Morgan fingerprint density at radius 2 is 0.849 bits per heavy atom. The molecule has 0 unspecified atom stereocenters. The molecule has 0 heterocycles. The van der Waals surface area contributed by atoms with Gasteiger partial charge in [0.25, 0.3) is 0 Å². The Labute approximate surface area is 319 Å². The Morgan fingerprint density at radius 3 is 1.21 bits per heavy atom. The van der Waals surface area contributed by atoms with Crippen LogP contribution >= 0.6 is 0 Å². The van der Waals surface area contributed by atoms with Gasteiger partial charge in [-0.15, -0.1) is 0 Å². The molecule has 0 atom stereocenters. The first kappa shape index (κ1) is 44.6. The summed E-state index contributed by atoms with van der Waals surface area (Å²) in [5, 5.41) is 7.52. The van der Waals surface area contributed by atoms with Gasteiger partial charge in [0.05, 0.1) is 0 Å². The molecule has 0 spiro atoms. The van der Waals surface area contributed by atoms with Gasteiger partial charge in [-0.25, -0.2) is 11.1 Å². The number of nitrogens with one attached hydrogen (secondary N) is 3. The van der Waals surface area contributed by atoms with Crippen LogP contribution in [0.25, 0.3) is 22.3 Å². The van der Waals surface area contributed by atoms with Crippen LogP contribution in [-0.4, -0.2) is 6.21 Å². The fraction of sp³-hybridized carbons (Fsp3) is 0.100. The van der Waals surface area contributed by atoms with Crippen molar-refractivity contribution >= 4 is 17.4 Å². The van der Waals surface area contributed by atoms with Crippen LogP contribution in [0.15, 0.2) is 218 Å². The molecule has 0 aromatic heterocycles. The van der Waals surface area contributed by atoms with E-state index in [0.29, 0.717) is 0 Å². The highest BCUT2D eigenvalue weighted by molar-refractivity contribution is 5.92. The molecule has 270 valence electrons. The van der Waals surface area contributed by atoms with Crippen LogP contribution in [0.1, 0.15) is 43.0 Å². The van der Waals surface area contributed by atoms with Crippen LogP contribution in [0.3, 0.4) is 0 Å². The van der Waals surface area contributed by atoms with Crippen molar-refractivity contribution in [1.82, 2.24) is 0 Å². The van der Waals surface area contributed by atoms with Gasteiger partial charge in [0.2, 0.25) is 0 Å². The second-order valence-electron chi connectivity index (χ2n) is 11.9. The highest BCUT2D eigenvalue weighted by Crippen LogP contribution is 2.26. The lowest BCUT2D eigenvalue weighted by molar-refractivity contribution is 1.05. The molecular weight excluding hydrogens is 643 g/mol. The van der Waals surface area contributed by atoms with Crippen molar-refractivity contribution in [1.29, 1.82) is 16.5 Å². The number of rotatable bonds is 6. The second kappa shape index (κ2) is 29.3.